The van der Waals surface area contributed by atoms with Gasteiger partial charge in [-0.05, 0) is 24.6 Å². The summed E-state index contributed by atoms with van der Waals surface area (Å²) in [5.41, 5.74) is 2.08. The van der Waals surface area contributed by atoms with Gasteiger partial charge in [-0.25, -0.2) is 9.50 Å². The number of benzene rings is 1. The second kappa shape index (κ2) is 9.94. The molecule has 9 nitrogen and oxygen atoms in total. The predicted octanol–water partition coefficient (Wildman–Crippen LogP) is 4.03. The van der Waals surface area contributed by atoms with Gasteiger partial charge in [0, 0.05) is 32.8 Å². The Labute approximate surface area is 209 Å². The van der Waals surface area contributed by atoms with Crippen molar-refractivity contribution in [2.24, 2.45) is 5.92 Å². The first kappa shape index (κ1) is 25.7. The van der Waals surface area contributed by atoms with Crippen molar-refractivity contribution in [2.45, 2.75) is 31.7 Å². The van der Waals surface area contributed by atoms with Crippen molar-refractivity contribution in [1.29, 1.82) is 0 Å². The number of hydrogen-bond donors (Lipinski definition) is 2. The summed E-state index contributed by atoms with van der Waals surface area (Å²) in [7, 11) is 2.64. The molecule has 2 aromatic heterocycles. The number of carbonyl (C=O) groups is 2. The van der Waals surface area contributed by atoms with E-state index in [0.29, 0.717) is 27.5 Å². The van der Waals surface area contributed by atoms with Crippen LogP contribution in [0.1, 0.15) is 36.6 Å². The van der Waals surface area contributed by atoms with Crippen LogP contribution < -0.4 is 10.6 Å². The van der Waals surface area contributed by atoms with E-state index in [9.17, 15) is 22.8 Å². The van der Waals surface area contributed by atoms with Gasteiger partial charge in [0.25, 0.3) is 0 Å². The molecule has 1 aromatic carbocycles. The molecule has 0 aliphatic carbocycles. The van der Waals surface area contributed by atoms with Crippen molar-refractivity contribution < 1.29 is 27.5 Å². The smallest absolute Gasteiger partial charge is 0.377 e. The van der Waals surface area contributed by atoms with E-state index in [0.717, 1.165) is 7.05 Å². The third-order valence-corrected chi connectivity index (χ3v) is 6.32. The molecule has 1 saturated heterocycles. The first-order chi connectivity index (χ1) is 17.0. The number of nitrogens with zero attached hydrogens (tertiary/aromatic N) is 4. The SMILES string of the molecule is CO[C@@H](C)c1c(Nc2ccc([C@H](N(C)C(=O)[C@@H]3CNC(=O)C3)C(F)(F)F)cc2)cnn2cc(Cl)nc12. The monoisotopic (exact) mass is 524 g/mol. The van der Waals surface area contributed by atoms with Gasteiger partial charge in [0.2, 0.25) is 11.8 Å². The number of amides is 2. The van der Waals surface area contributed by atoms with Crippen molar-refractivity contribution in [3.63, 3.8) is 0 Å². The van der Waals surface area contributed by atoms with E-state index in [1.807, 2.05) is 6.92 Å². The molecule has 3 atom stereocenters. The number of anilines is 2. The lowest BCUT2D eigenvalue weighted by Gasteiger charge is -2.32. The Hall–Kier alpha value is -3.38. The normalized spacial score (nSPS) is 17.6. The summed E-state index contributed by atoms with van der Waals surface area (Å²) in [5, 5.41) is 10.2. The van der Waals surface area contributed by atoms with Crippen LogP contribution in [0.15, 0.2) is 36.7 Å². The maximum atomic E-state index is 14.0. The third kappa shape index (κ3) is 5.09. The highest BCUT2D eigenvalue weighted by Gasteiger charge is 2.46. The minimum atomic E-state index is -4.72. The highest BCUT2D eigenvalue weighted by molar-refractivity contribution is 6.29. The minimum absolute atomic E-state index is 0.0256. The van der Waals surface area contributed by atoms with E-state index in [1.54, 1.807) is 12.4 Å². The molecule has 0 spiro atoms. The summed E-state index contributed by atoms with van der Waals surface area (Å²) in [6.45, 7) is 1.85. The number of rotatable bonds is 7. The summed E-state index contributed by atoms with van der Waals surface area (Å²) in [6, 6.07) is 3.41. The molecule has 0 unspecified atom stereocenters. The van der Waals surface area contributed by atoms with Crippen LogP contribution >= 0.6 is 11.6 Å². The van der Waals surface area contributed by atoms with Gasteiger partial charge in [-0.1, -0.05) is 23.7 Å². The Kier molecular flexibility index (Phi) is 7.10. The molecule has 0 bridgehead atoms. The number of aromatic nitrogens is 3. The van der Waals surface area contributed by atoms with Crippen molar-refractivity contribution in [3.8, 4) is 0 Å². The number of fused-ring (bicyclic) bond motifs is 1. The van der Waals surface area contributed by atoms with Gasteiger partial charge in [0.15, 0.2) is 11.7 Å². The second-order valence-electron chi connectivity index (χ2n) is 8.53. The zero-order valence-electron chi connectivity index (χ0n) is 19.6. The number of ether oxygens (including phenoxy) is 1. The summed E-state index contributed by atoms with van der Waals surface area (Å²) < 4.78 is 49.0. The van der Waals surface area contributed by atoms with Crippen LogP contribution in [0.2, 0.25) is 5.15 Å². The molecule has 3 heterocycles. The van der Waals surface area contributed by atoms with Crippen molar-refractivity contribution in [2.75, 3.05) is 26.0 Å². The molecule has 1 aliphatic rings. The molecule has 0 saturated carbocycles. The predicted molar refractivity (Wildman–Crippen MR) is 126 cm³/mol. The Bertz CT molecular complexity index is 1280. The number of methoxy groups -OCH3 is 1. The first-order valence-corrected chi connectivity index (χ1v) is 11.4. The molecule has 13 heteroatoms. The fourth-order valence-corrected chi connectivity index (χ4v) is 4.45. The van der Waals surface area contributed by atoms with Crippen LogP contribution in [0.3, 0.4) is 0 Å². The van der Waals surface area contributed by atoms with Crippen molar-refractivity contribution >= 4 is 40.4 Å². The number of nitrogens with one attached hydrogen (secondary N) is 2. The highest BCUT2D eigenvalue weighted by Crippen LogP contribution is 2.39. The third-order valence-electron chi connectivity index (χ3n) is 6.14. The molecule has 3 aromatic rings. The standard InChI is InChI=1S/C23H24ClF3N6O3/c1-12(36-3)19-16(10-29-33-11-17(24)31-21(19)33)30-15-6-4-13(5-7-15)20(23(25,26)27)32(2)22(35)14-8-18(34)28-9-14/h4-7,10-12,14,20,30H,8-9H2,1-3H3,(H,28,34)/t12-,14-,20-/m0/s1. The summed E-state index contributed by atoms with van der Waals surface area (Å²) >= 11 is 6.02. The fraction of sp³-hybridized carbons (Fsp3) is 0.391. The van der Waals surface area contributed by atoms with Gasteiger partial charge >= 0.3 is 6.18 Å². The van der Waals surface area contributed by atoms with Crippen molar-refractivity contribution in [1.82, 2.24) is 24.8 Å². The lowest BCUT2D eigenvalue weighted by Crippen LogP contribution is -2.43. The first-order valence-electron chi connectivity index (χ1n) is 11.0. The molecular formula is C23H24ClF3N6O3. The number of halogens is 4. The largest absolute Gasteiger partial charge is 0.413 e. The van der Waals surface area contributed by atoms with E-state index >= 15 is 0 Å². The van der Waals surface area contributed by atoms with Crippen LogP contribution in [0.4, 0.5) is 24.5 Å². The maximum Gasteiger partial charge on any atom is 0.413 e. The molecule has 4 rings (SSSR count). The molecule has 1 fully saturated rings. The highest BCUT2D eigenvalue weighted by atomic mass is 35.5. The van der Waals surface area contributed by atoms with Crippen LogP contribution in [-0.2, 0) is 14.3 Å². The van der Waals surface area contributed by atoms with Crippen LogP contribution in [-0.4, -0.2) is 58.2 Å². The summed E-state index contributed by atoms with van der Waals surface area (Å²) in [5.74, 6) is -1.92. The number of imidazole rings is 1. The zero-order chi connectivity index (χ0) is 26.2. The van der Waals surface area contributed by atoms with Crippen LogP contribution in [0.5, 0.6) is 0 Å². The minimum Gasteiger partial charge on any atom is -0.377 e. The Morgan fingerprint density at radius 1 is 1.33 bits per heavy atom. The van der Waals surface area contributed by atoms with E-state index < -0.39 is 24.0 Å². The molecule has 2 amide bonds. The topological polar surface area (TPSA) is 101 Å². The van der Waals surface area contributed by atoms with E-state index in [4.69, 9.17) is 16.3 Å². The molecule has 192 valence electrons. The maximum absolute atomic E-state index is 14.0. The van der Waals surface area contributed by atoms with Crippen molar-refractivity contribution in [3.05, 3.63) is 52.9 Å². The zero-order valence-corrected chi connectivity index (χ0v) is 20.4. The lowest BCUT2D eigenvalue weighted by atomic mass is 10.0. The van der Waals surface area contributed by atoms with Gasteiger partial charge in [-0.15, -0.1) is 0 Å². The number of alkyl halides is 3. The van der Waals surface area contributed by atoms with Gasteiger partial charge in [0.05, 0.1) is 35.7 Å². The summed E-state index contributed by atoms with van der Waals surface area (Å²) in [6.07, 6.45) is -2.13. The average Bonchev–Trinajstić information content (AvgIpc) is 3.42. The Morgan fingerprint density at radius 3 is 2.61 bits per heavy atom. The Morgan fingerprint density at radius 2 is 2.03 bits per heavy atom. The van der Waals surface area contributed by atoms with Gasteiger partial charge < -0.3 is 20.3 Å². The van der Waals surface area contributed by atoms with E-state index in [-0.39, 0.29) is 35.7 Å². The number of hydrogen-bond acceptors (Lipinski definition) is 6. The molecule has 36 heavy (non-hydrogen) atoms. The molecule has 1 aliphatic heterocycles. The lowest BCUT2D eigenvalue weighted by molar-refractivity contribution is -0.190. The Balaban J connectivity index is 1.61. The van der Waals surface area contributed by atoms with Gasteiger partial charge in [-0.2, -0.15) is 18.3 Å². The van der Waals surface area contributed by atoms with Gasteiger partial charge in [-0.3, -0.25) is 9.59 Å². The van der Waals surface area contributed by atoms with Crippen LogP contribution in [0.25, 0.3) is 5.65 Å². The average molecular weight is 525 g/mol. The van der Waals surface area contributed by atoms with E-state index in [1.165, 1.54) is 35.9 Å². The summed E-state index contributed by atoms with van der Waals surface area (Å²) in [4.78, 5) is 29.1. The molecule has 0 radical (unpaired) electrons. The second-order valence-corrected chi connectivity index (χ2v) is 8.91. The molecule has 2 N–H and O–H groups in total. The quantitative estimate of drug-likeness (QED) is 0.484. The van der Waals surface area contributed by atoms with E-state index in [2.05, 4.69) is 20.7 Å². The molecular weight excluding hydrogens is 501 g/mol. The fourth-order valence-electron chi connectivity index (χ4n) is 4.27. The number of carbonyl (C=O) groups excluding carboxylic acids is 2. The van der Waals surface area contributed by atoms with Crippen LogP contribution in [0, 0.1) is 5.92 Å². The van der Waals surface area contributed by atoms with Gasteiger partial charge in [0.1, 0.15) is 5.15 Å².